The first-order valence-electron chi connectivity index (χ1n) is 9.31. The van der Waals surface area contributed by atoms with Crippen LogP contribution in [0.1, 0.15) is 48.0 Å². The second-order valence-corrected chi connectivity index (χ2v) is 7.16. The third kappa shape index (κ3) is 3.41. The number of carbonyl (C=O) groups is 1. The van der Waals surface area contributed by atoms with Gasteiger partial charge in [-0.15, -0.1) is 0 Å². The number of methoxy groups -OCH3 is 1. The molecule has 1 aliphatic heterocycles. The molecule has 0 saturated carbocycles. The van der Waals surface area contributed by atoms with Gasteiger partial charge >= 0.3 is 0 Å². The summed E-state index contributed by atoms with van der Waals surface area (Å²) in [7, 11) is 1.54. The lowest BCUT2D eigenvalue weighted by Crippen LogP contribution is -2.31. The van der Waals surface area contributed by atoms with Crippen molar-refractivity contribution in [3.05, 3.63) is 40.9 Å². The normalized spacial score (nSPS) is 17.0. The summed E-state index contributed by atoms with van der Waals surface area (Å²) < 4.78 is 10.2. The summed E-state index contributed by atoms with van der Waals surface area (Å²) >= 11 is 0. The minimum absolute atomic E-state index is 0.00905. The van der Waals surface area contributed by atoms with Crippen LogP contribution in [0.5, 0.6) is 5.88 Å². The second-order valence-electron chi connectivity index (χ2n) is 7.16. The van der Waals surface area contributed by atoms with Crippen LogP contribution in [0, 0.1) is 13.8 Å². The first-order chi connectivity index (χ1) is 13.0. The van der Waals surface area contributed by atoms with Gasteiger partial charge in [-0.2, -0.15) is 0 Å². The zero-order valence-corrected chi connectivity index (χ0v) is 15.9. The average Bonchev–Trinajstić information content (AvgIpc) is 3.38. The molecule has 4 rings (SSSR count). The zero-order chi connectivity index (χ0) is 19.0. The summed E-state index contributed by atoms with van der Waals surface area (Å²) in [6, 6.07) is 5.95. The van der Waals surface area contributed by atoms with E-state index in [0.29, 0.717) is 24.5 Å². The summed E-state index contributed by atoms with van der Waals surface area (Å²) in [6.07, 6.45) is 2.81. The lowest BCUT2D eigenvalue weighted by molar-refractivity contribution is -0.132. The van der Waals surface area contributed by atoms with Crippen LogP contribution in [-0.2, 0) is 11.2 Å². The van der Waals surface area contributed by atoms with E-state index in [4.69, 9.17) is 14.2 Å². The van der Waals surface area contributed by atoms with Crippen molar-refractivity contribution in [3.63, 3.8) is 0 Å². The van der Waals surface area contributed by atoms with E-state index in [1.807, 2.05) is 4.90 Å². The molecule has 1 fully saturated rings. The van der Waals surface area contributed by atoms with E-state index < -0.39 is 0 Å². The molecule has 142 valence electrons. The van der Waals surface area contributed by atoms with Crippen molar-refractivity contribution >= 4 is 16.9 Å². The number of aromatic nitrogens is 3. The monoisotopic (exact) mass is 368 g/mol. The van der Waals surface area contributed by atoms with E-state index in [1.165, 1.54) is 18.2 Å². The molecule has 2 aromatic heterocycles. The third-order valence-corrected chi connectivity index (χ3v) is 5.34. The predicted molar refractivity (Wildman–Crippen MR) is 101 cm³/mol. The number of aryl methyl sites for hydroxylation is 3. The van der Waals surface area contributed by atoms with Crippen LogP contribution in [0.3, 0.4) is 0 Å². The third-order valence-electron chi connectivity index (χ3n) is 5.34. The van der Waals surface area contributed by atoms with Crippen molar-refractivity contribution < 1.29 is 14.1 Å². The van der Waals surface area contributed by atoms with Gasteiger partial charge in [-0.1, -0.05) is 0 Å². The van der Waals surface area contributed by atoms with Crippen molar-refractivity contribution in [1.29, 1.82) is 0 Å². The number of ether oxygens (including phenoxy) is 1. The number of H-pyrrole nitrogens is 1. The summed E-state index contributed by atoms with van der Waals surface area (Å²) in [4.78, 5) is 22.9. The fourth-order valence-corrected chi connectivity index (χ4v) is 3.68. The van der Waals surface area contributed by atoms with Gasteiger partial charge in [0.2, 0.25) is 5.91 Å². The molecule has 7 nitrogen and oxygen atoms in total. The van der Waals surface area contributed by atoms with Gasteiger partial charge in [0.1, 0.15) is 11.6 Å². The summed E-state index contributed by atoms with van der Waals surface area (Å²) in [6.45, 7) is 4.95. The van der Waals surface area contributed by atoms with Gasteiger partial charge in [0, 0.05) is 25.5 Å². The number of nitrogens with one attached hydrogen (secondary N) is 1. The molecule has 0 spiro atoms. The summed E-state index contributed by atoms with van der Waals surface area (Å²) in [5.74, 6) is 2.08. The average molecular weight is 368 g/mol. The van der Waals surface area contributed by atoms with Gasteiger partial charge in [-0.25, -0.2) is 4.98 Å². The van der Waals surface area contributed by atoms with Crippen LogP contribution in [0.15, 0.2) is 22.7 Å². The lowest BCUT2D eigenvalue weighted by atomic mass is 10.1. The maximum absolute atomic E-state index is 12.8. The number of rotatable bonds is 5. The highest BCUT2D eigenvalue weighted by molar-refractivity contribution is 5.79. The molecule has 1 aliphatic rings. The van der Waals surface area contributed by atoms with Crippen LogP contribution < -0.4 is 4.74 Å². The Morgan fingerprint density at radius 1 is 1.33 bits per heavy atom. The van der Waals surface area contributed by atoms with E-state index in [2.05, 4.69) is 36.1 Å². The highest BCUT2D eigenvalue weighted by Gasteiger charge is 2.32. The number of benzene rings is 1. The summed E-state index contributed by atoms with van der Waals surface area (Å²) in [5.41, 5.74) is 4.45. The number of imidazole rings is 1. The first-order valence-corrected chi connectivity index (χ1v) is 9.31. The predicted octanol–water partition coefficient (Wildman–Crippen LogP) is 3.47. The van der Waals surface area contributed by atoms with E-state index >= 15 is 0 Å². The molecule has 1 amide bonds. The van der Waals surface area contributed by atoms with Crippen molar-refractivity contribution in [3.8, 4) is 5.88 Å². The zero-order valence-electron chi connectivity index (χ0n) is 15.9. The number of hydrogen-bond acceptors (Lipinski definition) is 5. The molecule has 1 aromatic carbocycles. The highest BCUT2D eigenvalue weighted by Crippen LogP contribution is 2.32. The molecule has 0 aliphatic carbocycles. The van der Waals surface area contributed by atoms with Crippen LogP contribution >= 0.6 is 0 Å². The van der Waals surface area contributed by atoms with Crippen molar-refractivity contribution in [2.45, 2.75) is 45.6 Å². The van der Waals surface area contributed by atoms with Gasteiger partial charge in [-0.3, -0.25) is 4.79 Å². The van der Waals surface area contributed by atoms with Gasteiger partial charge in [0.05, 0.1) is 24.2 Å². The largest absolute Gasteiger partial charge is 0.479 e. The van der Waals surface area contributed by atoms with Gasteiger partial charge in [-0.05, 0) is 55.1 Å². The van der Waals surface area contributed by atoms with E-state index in [-0.39, 0.29) is 11.9 Å². The maximum Gasteiger partial charge on any atom is 0.254 e. The van der Waals surface area contributed by atoms with Crippen LogP contribution in [-0.4, -0.2) is 39.6 Å². The maximum atomic E-state index is 12.8. The molecular weight excluding hydrogens is 344 g/mol. The first kappa shape index (κ1) is 17.6. The van der Waals surface area contributed by atoms with Crippen molar-refractivity contribution in [1.82, 2.24) is 20.0 Å². The number of fused-ring (bicyclic) bond motifs is 1. The Labute approximate surface area is 157 Å². The smallest absolute Gasteiger partial charge is 0.254 e. The van der Waals surface area contributed by atoms with Gasteiger partial charge < -0.3 is 19.1 Å². The molecule has 0 unspecified atom stereocenters. The van der Waals surface area contributed by atoms with Gasteiger partial charge in [0.15, 0.2) is 0 Å². The van der Waals surface area contributed by atoms with Gasteiger partial charge in [0.25, 0.3) is 5.88 Å². The quantitative estimate of drug-likeness (QED) is 0.745. The molecule has 3 aromatic rings. The molecule has 1 saturated heterocycles. The molecule has 7 heteroatoms. The minimum atomic E-state index is 0.00905. The fraction of sp³-hybridized carbons (Fsp3) is 0.450. The van der Waals surface area contributed by atoms with E-state index in [1.54, 1.807) is 6.07 Å². The Morgan fingerprint density at radius 3 is 2.93 bits per heavy atom. The number of aromatic amines is 1. The number of nitrogens with zero attached hydrogens (tertiary/aromatic N) is 3. The van der Waals surface area contributed by atoms with Crippen LogP contribution in [0.2, 0.25) is 0 Å². The van der Waals surface area contributed by atoms with E-state index in [9.17, 15) is 4.79 Å². The fourth-order valence-electron chi connectivity index (χ4n) is 3.68. The standard InChI is InChI=1S/C20H24N4O3/c1-12-9-15-16(10-13(12)2)22-20(21-15)17-5-4-8-24(17)19(25)7-6-14-11-18(26-3)23-27-14/h9-11,17H,4-8H2,1-3H3,(H,21,22)/t17-/m0/s1. The molecule has 27 heavy (non-hydrogen) atoms. The molecular formula is C20H24N4O3. The van der Waals surface area contributed by atoms with Crippen molar-refractivity contribution in [2.75, 3.05) is 13.7 Å². The van der Waals surface area contributed by atoms with Crippen LogP contribution in [0.4, 0.5) is 0 Å². The highest BCUT2D eigenvalue weighted by atomic mass is 16.5. The number of carbonyl (C=O) groups excluding carboxylic acids is 1. The second kappa shape index (κ2) is 7.06. The SMILES string of the molecule is COc1cc(CCC(=O)N2CCC[C@H]2c2nc3cc(C)c(C)cc3[nH]2)on1. The number of amides is 1. The number of hydrogen-bond donors (Lipinski definition) is 1. The topological polar surface area (TPSA) is 84.2 Å². The molecule has 3 heterocycles. The molecule has 0 bridgehead atoms. The van der Waals surface area contributed by atoms with Crippen molar-refractivity contribution in [2.24, 2.45) is 0 Å². The van der Waals surface area contributed by atoms with Crippen LogP contribution in [0.25, 0.3) is 11.0 Å². The Hall–Kier alpha value is -2.83. The Bertz CT molecular complexity index is 936. The Kier molecular flexibility index (Phi) is 4.59. The molecule has 0 radical (unpaired) electrons. The van der Waals surface area contributed by atoms with E-state index in [0.717, 1.165) is 36.2 Å². The Morgan fingerprint density at radius 2 is 2.15 bits per heavy atom. The lowest BCUT2D eigenvalue weighted by Gasteiger charge is -2.23. The molecule has 1 N–H and O–H groups in total. The summed E-state index contributed by atoms with van der Waals surface area (Å²) in [5, 5.41) is 3.77. The molecule has 1 atom stereocenters. The number of likely N-dealkylation sites (tertiary alicyclic amines) is 1. The minimum Gasteiger partial charge on any atom is -0.479 e. The Balaban J connectivity index is 1.48.